The molecule has 2 fully saturated rings. The van der Waals surface area contributed by atoms with Crippen molar-refractivity contribution in [2.45, 2.75) is 24.4 Å². The molecule has 32 heavy (non-hydrogen) atoms. The van der Waals surface area contributed by atoms with Gasteiger partial charge in [0, 0.05) is 62.8 Å². The number of amides is 2. The van der Waals surface area contributed by atoms with E-state index < -0.39 is 0 Å². The first-order valence-corrected chi connectivity index (χ1v) is 12.4. The Morgan fingerprint density at radius 1 is 1.00 bits per heavy atom. The first-order chi connectivity index (χ1) is 15.5. The SMILES string of the molecule is CSc1ccc(N2CC(C(=O)NCc3ccc(CN4CCN(C)CC4)cc3)CC2=O)cc1. The molecule has 2 heterocycles. The summed E-state index contributed by atoms with van der Waals surface area (Å²) in [6.45, 7) is 6.34. The molecule has 2 aromatic carbocycles. The number of hydrogen-bond acceptors (Lipinski definition) is 5. The fraction of sp³-hybridized carbons (Fsp3) is 0.440. The number of carbonyl (C=O) groups excluding carboxylic acids is 2. The number of benzene rings is 2. The predicted octanol–water partition coefficient (Wildman–Crippen LogP) is 2.83. The summed E-state index contributed by atoms with van der Waals surface area (Å²) in [5.74, 6) is -0.349. The second-order valence-electron chi connectivity index (χ2n) is 8.72. The molecule has 2 saturated heterocycles. The topological polar surface area (TPSA) is 55.9 Å². The molecule has 0 radical (unpaired) electrons. The van der Waals surface area contributed by atoms with Gasteiger partial charge in [-0.25, -0.2) is 0 Å². The molecule has 1 unspecified atom stereocenters. The van der Waals surface area contributed by atoms with Gasteiger partial charge in [0.1, 0.15) is 0 Å². The third-order valence-electron chi connectivity index (χ3n) is 6.37. The summed E-state index contributed by atoms with van der Waals surface area (Å²) in [6, 6.07) is 16.4. The minimum absolute atomic E-state index is 0.00955. The monoisotopic (exact) mass is 452 g/mol. The third-order valence-corrected chi connectivity index (χ3v) is 7.12. The number of nitrogens with zero attached hydrogens (tertiary/aromatic N) is 3. The van der Waals surface area contributed by atoms with Gasteiger partial charge in [0.15, 0.2) is 0 Å². The number of rotatable bonds is 7. The maximum atomic E-state index is 12.7. The number of hydrogen-bond donors (Lipinski definition) is 1. The second-order valence-corrected chi connectivity index (χ2v) is 9.60. The Kier molecular flexibility index (Phi) is 7.50. The van der Waals surface area contributed by atoms with Crippen LogP contribution in [0.15, 0.2) is 53.4 Å². The van der Waals surface area contributed by atoms with Gasteiger partial charge in [-0.15, -0.1) is 11.8 Å². The van der Waals surface area contributed by atoms with E-state index >= 15 is 0 Å². The Labute approximate surface area is 194 Å². The van der Waals surface area contributed by atoms with Gasteiger partial charge in [0.2, 0.25) is 11.8 Å². The molecular formula is C25H32N4O2S. The van der Waals surface area contributed by atoms with Crippen LogP contribution >= 0.6 is 11.8 Å². The van der Waals surface area contributed by atoms with E-state index in [2.05, 4.69) is 46.4 Å². The maximum Gasteiger partial charge on any atom is 0.227 e. The Morgan fingerprint density at radius 3 is 2.31 bits per heavy atom. The highest BCUT2D eigenvalue weighted by molar-refractivity contribution is 7.98. The molecule has 1 atom stereocenters. The molecule has 0 saturated carbocycles. The smallest absolute Gasteiger partial charge is 0.227 e. The van der Waals surface area contributed by atoms with Crippen molar-refractivity contribution < 1.29 is 9.59 Å². The predicted molar refractivity (Wildman–Crippen MR) is 130 cm³/mol. The summed E-state index contributed by atoms with van der Waals surface area (Å²) in [5.41, 5.74) is 3.24. The number of piperazine rings is 1. The van der Waals surface area contributed by atoms with Crippen LogP contribution in [0.3, 0.4) is 0 Å². The highest BCUT2D eigenvalue weighted by atomic mass is 32.2. The molecule has 2 aromatic rings. The lowest BCUT2D eigenvalue weighted by atomic mass is 10.1. The van der Waals surface area contributed by atoms with Gasteiger partial charge < -0.3 is 15.1 Å². The van der Waals surface area contributed by atoms with Crippen molar-refractivity contribution in [3.63, 3.8) is 0 Å². The van der Waals surface area contributed by atoms with E-state index in [0.717, 1.165) is 48.9 Å². The molecule has 2 aliphatic rings. The zero-order valence-corrected chi connectivity index (χ0v) is 19.7. The van der Waals surface area contributed by atoms with Crippen molar-refractivity contribution in [2.75, 3.05) is 50.9 Å². The fourth-order valence-electron chi connectivity index (χ4n) is 4.26. The van der Waals surface area contributed by atoms with Crippen molar-refractivity contribution in [1.29, 1.82) is 0 Å². The molecular weight excluding hydrogens is 420 g/mol. The summed E-state index contributed by atoms with van der Waals surface area (Å²) < 4.78 is 0. The summed E-state index contributed by atoms with van der Waals surface area (Å²) in [5, 5.41) is 3.02. The molecule has 0 aromatic heterocycles. The highest BCUT2D eigenvalue weighted by Crippen LogP contribution is 2.27. The number of anilines is 1. The highest BCUT2D eigenvalue weighted by Gasteiger charge is 2.35. The van der Waals surface area contributed by atoms with Gasteiger partial charge in [-0.3, -0.25) is 14.5 Å². The van der Waals surface area contributed by atoms with E-state index in [1.807, 2.05) is 30.5 Å². The fourth-order valence-corrected chi connectivity index (χ4v) is 4.66. The molecule has 0 aliphatic carbocycles. The normalized spacial score (nSPS) is 20.0. The van der Waals surface area contributed by atoms with Crippen LogP contribution in [0.5, 0.6) is 0 Å². The molecule has 2 aliphatic heterocycles. The van der Waals surface area contributed by atoms with Gasteiger partial charge in [0.05, 0.1) is 5.92 Å². The Balaban J connectivity index is 1.25. The second kappa shape index (κ2) is 10.5. The van der Waals surface area contributed by atoms with Crippen molar-refractivity contribution in [3.8, 4) is 0 Å². The molecule has 170 valence electrons. The number of likely N-dealkylation sites (N-methyl/N-ethyl adjacent to an activating group) is 1. The Morgan fingerprint density at radius 2 is 1.66 bits per heavy atom. The van der Waals surface area contributed by atoms with E-state index in [1.165, 1.54) is 5.56 Å². The zero-order chi connectivity index (χ0) is 22.5. The molecule has 0 bridgehead atoms. The molecule has 0 spiro atoms. The van der Waals surface area contributed by atoms with E-state index in [1.54, 1.807) is 16.7 Å². The van der Waals surface area contributed by atoms with E-state index in [4.69, 9.17) is 0 Å². The minimum Gasteiger partial charge on any atom is -0.352 e. The average molecular weight is 453 g/mol. The van der Waals surface area contributed by atoms with Crippen LogP contribution in [0, 0.1) is 5.92 Å². The number of thioether (sulfide) groups is 1. The van der Waals surface area contributed by atoms with Gasteiger partial charge >= 0.3 is 0 Å². The summed E-state index contributed by atoms with van der Waals surface area (Å²) in [7, 11) is 2.17. The van der Waals surface area contributed by atoms with Crippen molar-refractivity contribution in [2.24, 2.45) is 5.92 Å². The lowest BCUT2D eigenvalue weighted by Gasteiger charge is -2.32. The van der Waals surface area contributed by atoms with Crippen LogP contribution in [0.2, 0.25) is 0 Å². The summed E-state index contributed by atoms with van der Waals surface area (Å²) >= 11 is 1.67. The first kappa shape index (κ1) is 22.8. The largest absolute Gasteiger partial charge is 0.352 e. The standard InChI is InChI=1S/C25H32N4O2S/c1-27-11-13-28(14-12-27)17-20-5-3-19(4-6-20)16-26-25(31)21-15-24(30)29(18-21)22-7-9-23(32-2)10-8-22/h3-10,21H,11-18H2,1-2H3,(H,26,31). The van der Waals surface area contributed by atoms with Crippen LogP contribution in [0.25, 0.3) is 0 Å². The van der Waals surface area contributed by atoms with Gasteiger partial charge in [-0.05, 0) is 48.7 Å². The minimum atomic E-state index is -0.306. The molecule has 6 nitrogen and oxygen atoms in total. The van der Waals surface area contributed by atoms with E-state index in [0.29, 0.717) is 13.1 Å². The maximum absolute atomic E-state index is 12.7. The molecule has 1 N–H and O–H groups in total. The first-order valence-electron chi connectivity index (χ1n) is 11.2. The lowest BCUT2D eigenvalue weighted by molar-refractivity contribution is -0.126. The van der Waals surface area contributed by atoms with E-state index in [-0.39, 0.29) is 24.2 Å². The number of nitrogens with one attached hydrogen (secondary N) is 1. The lowest BCUT2D eigenvalue weighted by Crippen LogP contribution is -2.43. The molecule has 4 rings (SSSR count). The van der Waals surface area contributed by atoms with Crippen LogP contribution in [-0.4, -0.2) is 67.6 Å². The van der Waals surface area contributed by atoms with Crippen molar-refractivity contribution in [3.05, 3.63) is 59.7 Å². The van der Waals surface area contributed by atoms with E-state index in [9.17, 15) is 9.59 Å². The van der Waals surface area contributed by atoms with Gasteiger partial charge in [-0.2, -0.15) is 0 Å². The molecule has 2 amide bonds. The summed E-state index contributed by atoms with van der Waals surface area (Å²) in [4.78, 5) is 32.9. The summed E-state index contributed by atoms with van der Waals surface area (Å²) in [6.07, 6.45) is 2.29. The Hall–Kier alpha value is -2.35. The average Bonchev–Trinajstić information content (AvgIpc) is 3.21. The van der Waals surface area contributed by atoms with Crippen LogP contribution in [0.4, 0.5) is 5.69 Å². The zero-order valence-electron chi connectivity index (χ0n) is 18.9. The van der Waals surface area contributed by atoms with Crippen molar-refractivity contribution in [1.82, 2.24) is 15.1 Å². The van der Waals surface area contributed by atoms with Crippen LogP contribution in [-0.2, 0) is 22.7 Å². The van der Waals surface area contributed by atoms with Crippen LogP contribution < -0.4 is 10.2 Å². The quantitative estimate of drug-likeness (QED) is 0.655. The van der Waals surface area contributed by atoms with Gasteiger partial charge in [-0.1, -0.05) is 24.3 Å². The number of carbonyl (C=O) groups is 2. The third kappa shape index (κ3) is 5.71. The van der Waals surface area contributed by atoms with Crippen molar-refractivity contribution >= 4 is 29.3 Å². The molecule has 7 heteroatoms. The Bertz CT molecular complexity index is 924. The van der Waals surface area contributed by atoms with Crippen LogP contribution in [0.1, 0.15) is 17.5 Å². The van der Waals surface area contributed by atoms with Gasteiger partial charge in [0.25, 0.3) is 0 Å².